The molecular formula is C21H20ClF3N2O2. The average Bonchev–Trinajstić information content (AvgIpc) is 2.71. The summed E-state index contributed by atoms with van der Waals surface area (Å²) >= 11 is 0. The monoisotopic (exact) mass is 424 g/mol. The Morgan fingerprint density at radius 1 is 0.931 bits per heavy atom. The van der Waals surface area contributed by atoms with Gasteiger partial charge in [0.2, 0.25) is 5.88 Å². The molecule has 3 rings (SSSR count). The number of aromatic nitrogens is 1. The van der Waals surface area contributed by atoms with Crippen LogP contribution in [0.5, 0.6) is 11.6 Å². The second-order valence-corrected chi connectivity index (χ2v) is 6.09. The number of benzene rings is 2. The van der Waals surface area contributed by atoms with Crippen molar-refractivity contribution in [2.24, 2.45) is 5.73 Å². The molecule has 29 heavy (non-hydrogen) atoms. The van der Waals surface area contributed by atoms with E-state index >= 15 is 0 Å². The number of pyridine rings is 1. The molecule has 0 radical (unpaired) electrons. The van der Waals surface area contributed by atoms with Gasteiger partial charge >= 0.3 is 6.18 Å². The molecule has 0 saturated carbocycles. The molecule has 0 amide bonds. The van der Waals surface area contributed by atoms with Gasteiger partial charge in [-0.2, -0.15) is 13.2 Å². The van der Waals surface area contributed by atoms with Gasteiger partial charge in [0.1, 0.15) is 12.4 Å². The quantitative estimate of drug-likeness (QED) is 0.570. The summed E-state index contributed by atoms with van der Waals surface area (Å²) in [7, 11) is 0. The Labute approximate surface area is 172 Å². The van der Waals surface area contributed by atoms with Crippen LogP contribution in [0.4, 0.5) is 13.2 Å². The first kappa shape index (κ1) is 22.5. The molecule has 4 nitrogen and oxygen atoms in total. The maximum Gasteiger partial charge on any atom is 0.422 e. The zero-order chi connectivity index (χ0) is 20.0. The highest BCUT2D eigenvalue weighted by molar-refractivity contribution is 5.85. The van der Waals surface area contributed by atoms with E-state index in [0.717, 1.165) is 16.7 Å². The van der Waals surface area contributed by atoms with Crippen molar-refractivity contribution in [3.05, 3.63) is 78.0 Å². The maximum absolute atomic E-state index is 12.3. The van der Waals surface area contributed by atoms with Gasteiger partial charge in [-0.05, 0) is 34.9 Å². The van der Waals surface area contributed by atoms with Crippen LogP contribution in [0.1, 0.15) is 11.1 Å². The standard InChI is InChI=1S/C21H19F3N2O2.ClH/c22-21(23,24)14-28-18-7-8-19(17(10-18)11-25)16-6-9-20(26-12-16)27-13-15-4-2-1-3-5-15;/h1-10,12H,11,13-14,25H2;1H. The highest BCUT2D eigenvalue weighted by atomic mass is 35.5. The van der Waals surface area contributed by atoms with Crippen LogP contribution in [0.2, 0.25) is 0 Å². The first-order valence-electron chi connectivity index (χ1n) is 8.60. The molecule has 154 valence electrons. The number of halogens is 4. The zero-order valence-corrected chi connectivity index (χ0v) is 16.2. The van der Waals surface area contributed by atoms with E-state index in [2.05, 4.69) is 4.98 Å². The molecule has 1 aromatic heterocycles. The summed E-state index contributed by atoms with van der Waals surface area (Å²) in [6, 6.07) is 18.0. The summed E-state index contributed by atoms with van der Waals surface area (Å²) in [5, 5.41) is 0. The second-order valence-electron chi connectivity index (χ2n) is 6.09. The van der Waals surface area contributed by atoms with Crippen molar-refractivity contribution in [2.75, 3.05) is 6.61 Å². The van der Waals surface area contributed by atoms with Gasteiger partial charge in [0.15, 0.2) is 6.61 Å². The van der Waals surface area contributed by atoms with Crippen LogP contribution in [-0.4, -0.2) is 17.8 Å². The van der Waals surface area contributed by atoms with Crippen LogP contribution in [-0.2, 0) is 13.2 Å². The largest absolute Gasteiger partial charge is 0.484 e. The van der Waals surface area contributed by atoms with Gasteiger partial charge in [0, 0.05) is 24.4 Å². The van der Waals surface area contributed by atoms with Gasteiger partial charge in [-0.25, -0.2) is 4.98 Å². The van der Waals surface area contributed by atoms with Gasteiger partial charge in [-0.1, -0.05) is 36.4 Å². The predicted molar refractivity (Wildman–Crippen MR) is 107 cm³/mol. The fourth-order valence-electron chi connectivity index (χ4n) is 2.63. The van der Waals surface area contributed by atoms with Crippen LogP contribution in [0.25, 0.3) is 11.1 Å². The van der Waals surface area contributed by atoms with E-state index in [1.54, 1.807) is 18.3 Å². The molecule has 3 aromatic rings. The first-order chi connectivity index (χ1) is 13.4. The Hall–Kier alpha value is -2.77. The first-order valence-corrected chi connectivity index (χ1v) is 8.60. The van der Waals surface area contributed by atoms with E-state index < -0.39 is 12.8 Å². The Balaban J connectivity index is 0.00000300. The molecule has 0 bridgehead atoms. The number of alkyl halides is 3. The lowest BCUT2D eigenvalue weighted by Gasteiger charge is -2.13. The van der Waals surface area contributed by atoms with Gasteiger partial charge in [0.25, 0.3) is 0 Å². The third-order valence-electron chi connectivity index (χ3n) is 3.98. The normalized spacial score (nSPS) is 10.9. The van der Waals surface area contributed by atoms with Gasteiger partial charge in [-0.3, -0.25) is 0 Å². The van der Waals surface area contributed by atoms with Gasteiger partial charge < -0.3 is 15.2 Å². The predicted octanol–water partition coefficient (Wildman–Crippen LogP) is 5.15. The van der Waals surface area contributed by atoms with E-state index in [9.17, 15) is 13.2 Å². The van der Waals surface area contributed by atoms with Crippen molar-refractivity contribution in [3.63, 3.8) is 0 Å². The summed E-state index contributed by atoms with van der Waals surface area (Å²) in [6.45, 7) is -0.775. The molecular weight excluding hydrogens is 405 g/mol. The summed E-state index contributed by atoms with van der Waals surface area (Å²) in [4.78, 5) is 4.29. The van der Waals surface area contributed by atoms with Crippen LogP contribution in [0, 0.1) is 0 Å². The number of hydrogen-bond acceptors (Lipinski definition) is 4. The molecule has 0 fully saturated rings. The minimum absolute atomic E-state index is 0. The fraction of sp³-hybridized carbons (Fsp3) is 0.190. The molecule has 0 saturated heterocycles. The van der Waals surface area contributed by atoms with Crippen molar-refractivity contribution >= 4 is 12.4 Å². The molecule has 0 atom stereocenters. The number of rotatable bonds is 7. The molecule has 0 spiro atoms. The minimum atomic E-state index is -4.39. The number of nitrogens with zero attached hydrogens (tertiary/aromatic N) is 1. The maximum atomic E-state index is 12.3. The minimum Gasteiger partial charge on any atom is -0.484 e. The number of nitrogens with two attached hydrogens (primary N) is 1. The summed E-state index contributed by atoms with van der Waals surface area (Å²) in [5.41, 5.74) is 9.03. The molecule has 0 aliphatic rings. The highest BCUT2D eigenvalue weighted by Crippen LogP contribution is 2.28. The van der Waals surface area contributed by atoms with Crippen molar-refractivity contribution in [2.45, 2.75) is 19.3 Å². The zero-order valence-electron chi connectivity index (χ0n) is 15.4. The van der Waals surface area contributed by atoms with Crippen LogP contribution in [0.15, 0.2) is 66.9 Å². The second kappa shape index (κ2) is 10.1. The van der Waals surface area contributed by atoms with Gasteiger partial charge in [-0.15, -0.1) is 12.4 Å². The lowest BCUT2D eigenvalue weighted by Crippen LogP contribution is -2.19. The van der Waals surface area contributed by atoms with Gasteiger partial charge in [0.05, 0.1) is 0 Å². The average molecular weight is 425 g/mol. The third-order valence-corrected chi connectivity index (χ3v) is 3.98. The lowest BCUT2D eigenvalue weighted by atomic mass is 10.0. The highest BCUT2D eigenvalue weighted by Gasteiger charge is 2.28. The fourth-order valence-corrected chi connectivity index (χ4v) is 2.63. The molecule has 0 aliphatic heterocycles. The molecule has 0 aliphatic carbocycles. The van der Waals surface area contributed by atoms with Crippen molar-refractivity contribution < 1.29 is 22.6 Å². The van der Waals surface area contributed by atoms with E-state index in [-0.39, 0.29) is 24.7 Å². The third kappa shape index (κ3) is 6.66. The smallest absolute Gasteiger partial charge is 0.422 e. The van der Waals surface area contributed by atoms with E-state index in [1.807, 2.05) is 36.4 Å². The number of hydrogen-bond donors (Lipinski definition) is 1. The van der Waals surface area contributed by atoms with Crippen molar-refractivity contribution in [3.8, 4) is 22.8 Å². The number of ether oxygens (including phenoxy) is 2. The van der Waals surface area contributed by atoms with E-state index in [0.29, 0.717) is 18.1 Å². The SMILES string of the molecule is Cl.NCc1cc(OCC(F)(F)F)ccc1-c1ccc(OCc2ccccc2)nc1. The molecule has 2 aromatic carbocycles. The lowest BCUT2D eigenvalue weighted by molar-refractivity contribution is -0.153. The topological polar surface area (TPSA) is 57.4 Å². The molecule has 0 unspecified atom stereocenters. The Morgan fingerprint density at radius 2 is 1.69 bits per heavy atom. The van der Waals surface area contributed by atoms with E-state index in [4.69, 9.17) is 15.2 Å². The molecule has 8 heteroatoms. The van der Waals surface area contributed by atoms with Crippen molar-refractivity contribution in [1.82, 2.24) is 4.98 Å². The summed E-state index contributed by atoms with van der Waals surface area (Å²) in [6.07, 6.45) is -2.74. The molecule has 2 N–H and O–H groups in total. The molecule has 1 heterocycles. The van der Waals surface area contributed by atoms with Crippen LogP contribution < -0.4 is 15.2 Å². The Morgan fingerprint density at radius 3 is 2.31 bits per heavy atom. The Bertz CT molecular complexity index is 904. The Kier molecular flexibility index (Phi) is 7.87. The van der Waals surface area contributed by atoms with Crippen molar-refractivity contribution in [1.29, 1.82) is 0 Å². The van der Waals surface area contributed by atoms with Crippen LogP contribution >= 0.6 is 12.4 Å². The van der Waals surface area contributed by atoms with Crippen LogP contribution in [0.3, 0.4) is 0 Å². The summed E-state index contributed by atoms with van der Waals surface area (Å²) in [5.74, 6) is 0.601. The summed E-state index contributed by atoms with van der Waals surface area (Å²) < 4.78 is 47.4. The van der Waals surface area contributed by atoms with E-state index in [1.165, 1.54) is 12.1 Å².